The van der Waals surface area contributed by atoms with Gasteiger partial charge in [0.15, 0.2) is 5.82 Å². The number of ketones is 1. The lowest BCUT2D eigenvalue weighted by molar-refractivity contribution is -0.112. The maximum Gasteiger partial charge on any atom is 0.298 e. The Hall–Kier alpha value is -4.73. The van der Waals surface area contributed by atoms with Crippen LogP contribution in [0.3, 0.4) is 0 Å². The van der Waals surface area contributed by atoms with Gasteiger partial charge in [-0.2, -0.15) is 0 Å². The van der Waals surface area contributed by atoms with Crippen LogP contribution in [0.5, 0.6) is 5.75 Å². The van der Waals surface area contributed by atoms with Crippen molar-refractivity contribution in [2.75, 3.05) is 41.4 Å². The van der Waals surface area contributed by atoms with Gasteiger partial charge in [0.05, 0.1) is 24.1 Å². The first kappa shape index (κ1) is 25.3. The topological polar surface area (TPSA) is 92.6 Å². The number of nitrogens with one attached hydrogen (secondary N) is 1. The Morgan fingerprint density at radius 1 is 0.976 bits per heavy atom. The number of piperazine rings is 1. The molecule has 1 N–H and O–H groups in total. The zero-order valence-electron chi connectivity index (χ0n) is 22.4. The number of hydrogen-bond donors (Lipinski definition) is 1. The molecular weight excluding hydrogens is 523 g/mol. The lowest BCUT2D eigenvalue weighted by Gasteiger charge is -2.45. The van der Waals surface area contributed by atoms with E-state index in [4.69, 9.17) is 4.74 Å². The number of Topliss-reactive ketones (excluding diaryl/α,β-unsaturated/α-hetero) is 1. The van der Waals surface area contributed by atoms with Gasteiger partial charge >= 0.3 is 0 Å². The first-order valence-corrected chi connectivity index (χ1v) is 13.9. The van der Waals surface area contributed by atoms with Gasteiger partial charge in [0, 0.05) is 49.2 Å². The first-order valence-electron chi connectivity index (χ1n) is 13.9. The third-order valence-electron chi connectivity index (χ3n) is 8.08. The molecule has 10 heteroatoms. The van der Waals surface area contributed by atoms with Crippen molar-refractivity contribution in [3.63, 3.8) is 0 Å². The molecule has 0 bridgehead atoms. The van der Waals surface area contributed by atoms with E-state index in [2.05, 4.69) is 26.3 Å². The highest BCUT2D eigenvalue weighted by atomic mass is 19.1. The number of carbonyl (C=O) groups is 2. The summed E-state index contributed by atoms with van der Waals surface area (Å²) in [5.41, 5.74) is 4.70. The van der Waals surface area contributed by atoms with E-state index in [-0.39, 0.29) is 6.04 Å². The number of benzene rings is 2. The highest BCUT2D eigenvalue weighted by molar-refractivity contribution is 6.47. The van der Waals surface area contributed by atoms with Crippen molar-refractivity contribution in [1.82, 2.24) is 14.5 Å². The van der Waals surface area contributed by atoms with Gasteiger partial charge in [0.1, 0.15) is 18.1 Å². The second-order valence-corrected chi connectivity index (χ2v) is 10.6. The summed E-state index contributed by atoms with van der Waals surface area (Å²) in [6.07, 6.45) is 5.30. The molecule has 0 spiro atoms. The molecule has 2 aromatic carbocycles. The molecule has 0 radical (unpaired) electrons. The van der Waals surface area contributed by atoms with Crippen LogP contribution in [-0.2, 0) is 17.8 Å². The number of aromatic nitrogens is 3. The molecule has 1 unspecified atom stereocenters. The van der Waals surface area contributed by atoms with Gasteiger partial charge < -0.3 is 24.4 Å². The quantitative estimate of drug-likeness (QED) is 0.291. The summed E-state index contributed by atoms with van der Waals surface area (Å²) in [7, 11) is 0. The maximum atomic E-state index is 13.6. The van der Waals surface area contributed by atoms with Crippen molar-refractivity contribution in [2.45, 2.75) is 31.8 Å². The molecule has 9 nitrogen and oxygen atoms in total. The molecule has 0 aliphatic carbocycles. The summed E-state index contributed by atoms with van der Waals surface area (Å²) in [5, 5.41) is 2.82. The van der Waals surface area contributed by atoms with E-state index in [9.17, 15) is 14.0 Å². The van der Waals surface area contributed by atoms with Crippen molar-refractivity contribution in [2.24, 2.45) is 0 Å². The van der Waals surface area contributed by atoms with E-state index < -0.39 is 17.5 Å². The smallest absolute Gasteiger partial charge is 0.298 e. The number of halogens is 1. The zero-order valence-corrected chi connectivity index (χ0v) is 22.4. The second-order valence-electron chi connectivity index (χ2n) is 10.6. The van der Waals surface area contributed by atoms with Crippen molar-refractivity contribution >= 4 is 29.0 Å². The van der Waals surface area contributed by atoms with E-state index in [1.54, 1.807) is 12.1 Å². The maximum absolute atomic E-state index is 13.6. The molecule has 41 heavy (non-hydrogen) atoms. The van der Waals surface area contributed by atoms with Gasteiger partial charge in [-0.1, -0.05) is 30.3 Å². The number of amides is 1. The average Bonchev–Trinajstić information content (AvgIpc) is 3.40. The molecule has 0 saturated carbocycles. The van der Waals surface area contributed by atoms with Gasteiger partial charge in [-0.3, -0.25) is 9.59 Å². The molecule has 7 rings (SSSR count). The summed E-state index contributed by atoms with van der Waals surface area (Å²) in [6.45, 7) is 3.21. The van der Waals surface area contributed by atoms with Gasteiger partial charge in [-0.15, -0.1) is 0 Å². The van der Waals surface area contributed by atoms with Crippen molar-refractivity contribution in [1.29, 1.82) is 0 Å². The Morgan fingerprint density at radius 3 is 2.63 bits per heavy atom. The molecule has 3 aliphatic heterocycles. The first-order chi connectivity index (χ1) is 20.0. The molecule has 1 atom stereocenters. The van der Waals surface area contributed by atoms with E-state index in [0.29, 0.717) is 49.3 Å². The number of rotatable bonds is 5. The Morgan fingerprint density at radius 2 is 1.80 bits per heavy atom. The van der Waals surface area contributed by atoms with Crippen LogP contribution in [-0.4, -0.2) is 58.5 Å². The average molecular weight is 553 g/mol. The van der Waals surface area contributed by atoms with E-state index >= 15 is 0 Å². The Kier molecular flexibility index (Phi) is 6.37. The number of aryl methyl sites for hydroxylation is 1. The van der Waals surface area contributed by atoms with Gasteiger partial charge in [-0.05, 0) is 43.0 Å². The summed E-state index contributed by atoms with van der Waals surface area (Å²) in [6, 6.07) is 17.4. The number of fused-ring (bicyclic) bond motifs is 4. The highest BCUT2D eigenvalue weighted by Gasteiger charge is 2.34. The molecule has 5 heterocycles. The van der Waals surface area contributed by atoms with E-state index in [0.717, 1.165) is 48.3 Å². The predicted octanol–water partition coefficient (Wildman–Crippen LogP) is 4.33. The summed E-state index contributed by atoms with van der Waals surface area (Å²) >= 11 is 0. The predicted molar refractivity (Wildman–Crippen MR) is 153 cm³/mol. The van der Waals surface area contributed by atoms with Crippen molar-refractivity contribution in [3.05, 3.63) is 84.2 Å². The zero-order chi connectivity index (χ0) is 27.9. The highest BCUT2D eigenvalue weighted by Crippen LogP contribution is 2.38. The fraction of sp³-hybridized carbons (Fsp3) is 0.290. The van der Waals surface area contributed by atoms with Crippen LogP contribution in [0, 0.1) is 5.82 Å². The normalized spacial score (nSPS) is 17.6. The summed E-state index contributed by atoms with van der Waals surface area (Å²) < 4.78 is 21.4. The molecular formula is C31H29FN6O3. The lowest BCUT2D eigenvalue weighted by Crippen LogP contribution is -2.57. The third kappa shape index (κ3) is 4.69. The second kappa shape index (κ2) is 10.3. The minimum absolute atomic E-state index is 0.0730. The summed E-state index contributed by atoms with van der Waals surface area (Å²) in [5.74, 6) is -0.524. The molecule has 1 fully saturated rings. The fourth-order valence-electron chi connectivity index (χ4n) is 6.11. The number of hydrogen-bond acceptors (Lipinski definition) is 7. The van der Waals surface area contributed by atoms with Crippen LogP contribution in [0.4, 0.5) is 21.7 Å². The molecule has 1 saturated heterocycles. The molecule has 208 valence electrons. The largest absolute Gasteiger partial charge is 0.489 e. The number of anilines is 3. The van der Waals surface area contributed by atoms with Crippen LogP contribution in [0.25, 0.3) is 11.1 Å². The number of ether oxygens (including phenoxy) is 1. The number of carbonyl (C=O) groups excluding carboxylic acids is 2. The van der Waals surface area contributed by atoms with E-state index in [1.807, 2.05) is 45.9 Å². The standard InChI is InChI=1S/C31H29FN6O3/c32-21-16-33-31(34-17-21)36-12-13-37-24(18-36)19-41-27-14-22(9-10-26(27)37)35-30(40)29(39)28-25(20-6-2-1-3-7-20)15-23-8-4-5-11-38(23)28/h1-3,6-7,9-10,14-17,24H,4-5,8,11-13,18-19H2,(H,35,40). The van der Waals surface area contributed by atoms with Gasteiger partial charge in [0.2, 0.25) is 5.95 Å². The lowest BCUT2D eigenvalue weighted by atomic mass is 10.0. The molecule has 2 aromatic heterocycles. The minimum atomic E-state index is -0.671. The van der Waals surface area contributed by atoms with Gasteiger partial charge in [0.25, 0.3) is 11.7 Å². The summed E-state index contributed by atoms with van der Waals surface area (Å²) in [4.78, 5) is 39.4. The SMILES string of the molecule is O=C(Nc1ccc2c(c1)OCC1CN(c3ncc(F)cn3)CCN21)C(=O)c1c(-c2ccccc2)cc2n1CCCC2. The van der Waals surface area contributed by atoms with Gasteiger partial charge in [-0.25, -0.2) is 14.4 Å². The van der Waals surface area contributed by atoms with Crippen LogP contribution < -0.4 is 19.9 Å². The van der Waals surface area contributed by atoms with Crippen molar-refractivity contribution < 1.29 is 18.7 Å². The monoisotopic (exact) mass is 552 g/mol. The van der Waals surface area contributed by atoms with Crippen LogP contribution in [0.2, 0.25) is 0 Å². The van der Waals surface area contributed by atoms with Crippen molar-refractivity contribution in [3.8, 4) is 16.9 Å². The molecule has 4 aromatic rings. The third-order valence-corrected chi connectivity index (χ3v) is 8.08. The molecule has 3 aliphatic rings. The molecule has 1 amide bonds. The Bertz CT molecular complexity index is 1620. The fourth-order valence-corrected chi connectivity index (χ4v) is 6.11. The van der Waals surface area contributed by atoms with E-state index in [1.165, 1.54) is 12.4 Å². The van der Waals surface area contributed by atoms with Crippen LogP contribution in [0.1, 0.15) is 29.0 Å². The number of nitrogens with zero attached hydrogens (tertiary/aromatic N) is 5. The van der Waals surface area contributed by atoms with Crippen LogP contribution in [0.15, 0.2) is 67.0 Å². The Labute approximate surface area is 236 Å². The van der Waals surface area contributed by atoms with Crippen LogP contribution >= 0.6 is 0 Å². The Balaban J connectivity index is 1.09. The minimum Gasteiger partial charge on any atom is -0.489 e.